The summed E-state index contributed by atoms with van der Waals surface area (Å²) in [5, 5.41) is 10.5. The number of anilines is 1. The van der Waals surface area contributed by atoms with E-state index in [0.29, 0.717) is 10.6 Å². The summed E-state index contributed by atoms with van der Waals surface area (Å²) in [6, 6.07) is 17.2. The molecular weight excluding hydrogens is 460 g/mol. The Bertz CT molecular complexity index is 1140. The average molecular weight is 485 g/mol. The smallest absolute Gasteiger partial charge is 0.240 e. The Kier molecular flexibility index (Phi) is 5.78. The van der Waals surface area contributed by atoms with Crippen LogP contribution < -0.4 is 15.4 Å². The van der Waals surface area contributed by atoms with Gasteiger partial charge in [0.2, 0.25) is 5.91 Å². The second-order valence-electron chi connectivity index (χ2n) is 8.76. The normalized spacial score (nSPS) is 18.4. The molecule has 2 atom stereocenters. The number of aliphatic hydroxyl groups is 1. The Labute approximate surface area is 201 Å². The Morgan fingerprint density at radius 3 is 2.36 bits per heavy atom. The molecule has 9 heteroatoms. The molecule has 2 saturated heterocycles. The van der Waals surface area contributed by atoms with E-state index in [-0.39, 0.29) is 11.3 Å². The van der Waals surface area contributed by atoms with Gasteiger partial charge in [0, 0.05) is 37.2 Å². The number of benzene rings is 2. The van der Waals surface area contributed by atoms with E-state index in [2.05, 4.69) is 4.90 Å². The highest BCUT2D eigenvalue weighted by Gasteiger charge is 2.54. The van der Waals surface area contributed by atoms with E-state index in [9.17, 15) is 9.90 Å². The molecule has 172 valence electrons. The molecule has 1 aromatic heterocycles. The lowest BCUT2D eigenvalue weighted by Gasteiger charge is -2.60. The molecule has 2 aliphatic heterocycles. The summed E-state index contributed by atoms with van der Waals surface area (Å²) >= 11 is 7.33. The minimum absolute atomic E-state index is 0.00879. The molecule has 3 heterocycles. The summed E-state index contributed by atoms with van der Waals surface area (Å²) in [6.07, 6.45) is -1.11. The molecule has 0 radical (unpaired) electrons. The minimum Gasteiger partial charge on any atom is -0.457 e. The molecule has 3 aromatic rings. The number of nitrogens with zero attached hydrogens (tertiary/aromatic N) is 3. The number of alkyl halides is 1. The van der Waals surface area contributed by atoms with Crippen molar-refractivity contribution >= 4 is 34.0 Å². The standard InChI is InChI=1S/C24H25ClN4O3S/c1-15(25)22(31)28-11-24(12-28)13-29(14-24)23-27-19(20(33-23)21(26)30)16-7-9-18(10-8-16)32-17-5-3-2-4-6-17/h2-10,15,21,30H,11-14,26H2,1H3. The summed E-state index contributed by atoms with van der Waals surface area (Å²) < 4.78 is 5.86. The SMILES string of the molecule is CC(Cl)C(=O)N1CC2(C1)CN(c1nc(-c3ccc(Oc4ccccc4)cc3)c(C(N)O)s1)C2. The van der Waals surface area contributed by atoms with E-state index in [1.807, 2.05) is 59.5 Å². The Morgan fingerprint density at radius 2 is 1.76 bits per heavy atom. The maximum Gasteiger partial charge on any atom is 0.240 e. The third-order valence-corrected chi connectivity index (χ3v) is 7.42. The molecule has 2 aromatic carbocycles. The number of para-hydroxylation sites is 1. The van der Waals surface area contributed by atoms with Crippen LogP contribution in [0.1, 0.15) is 18.0 Å². The molecule has 2 aliphatic rings. The van der Waals surface area contributed by atoms with Gasteiger partial charge in [-0.2, -0.15) is 0 Å². The first-order valence-electron chi connectivity index (χ1n) is 10.8. The van der Waals surface area contributed by atoms with Gasteiger partial charge in [0.1, 0.15) is 23.1 Å². The van der Waals surface area contributed by atoms with Gasteiger partial charge in [0.15, 0.2) is 5.13 Å². The second-order valence-corrected chi connectivity index (χ2v) is 10.4. The van der Waals surface area contributed by atoms with Gasteiger partial charge < -0.3 is 25.4 Å². The van der Waals surface area contributed by atoms with Crippen molar-refractivity contribution in [2.45, 2.75) is 18.5 Å². The first-order valence-corrected chi connectivity index (χ1v) is 12.0. The first kappa shape index (κ1) is 22.2. The zero-order valence-electron chi connectivity index (χ0n) is 18.1. The van der Waals surface area contributed by atoms with Crippen molar-refractivity contribution in [3.63, 3.8) is 0 Å². The summed E-state index contributed by atoms with van der Waals surface area (Å²) in [5.41, 5.74) is 7.51. The van der Waals surface area contributed by atoms with E-state index in [4.69, 9.17) is 27.1 Å². The van der Waals surface area contributed by atoms with Crippen LogP contribution in [0.2, 0.25) is 0 Å². The van der Waals surface area contributed by atoms with E-state index in [0.717, 1.165) is 48.4 Å². The summed E-state index contributed by atoms with van der Waals surface area (Å²) in [7, 11) is 0. The van der Waals surface area contributed by atoms with Crippen molar-refractivity contribution in [2.75, 3.05) is 31.1 Å². The molecule has 1 spiro atoms. The zero-order valence-corrected chi connectivity index (χ0v) is 19.7. The number of thiazole rings is 1. The number of hydrogen-bond donors (Lipinski definition) is 2. The van der Waals surface area contributed by atoms with Gasteiger partial charge in [-0.1, -0.05) is 29.5 Å². The van der Waals surface area contributed by atoms with Crippen molar-refractivity contribution in [1.29, 1.82) is 0 Å². The number of ether oxygens (including phenoxy) is 1. The average Bonchev–Trinajstić information content (AvgIpc) is 3.18. The summed E-state index contributed by atoms with van der Waals surface area (Å²) in [5.74, 6) is 1.48. The number of halogens is 1. The number of amides is 1. The van der Waals surface area contributed by atoms with Gasteiger partial charge in [0.05, 0.1) is 10.6 Å². The molecule has 7 nitrogen and oxygen atoms in total. The maximum absolute atomic E-state index is 12.0. The van der Waals surface area contributed by atoms with Crippen LogP contribution in [0.3, 0.4) is 0 Å². The number of nitrogens with two attached hydrogens (primary N) is 1. The molecule has 2 unspecified atom stereocenters. The predicted octanol–water partition coefficient (Wildman–Crippen LogP) is 3.83. The van der Waals surface area contributed by atoms with Crippen LogP contribution in [-0.4, -0.2) is 52.5 Å². The molecule has 3 N–H and O–H groups in total. The maximum atomic E-state index is 12.0. The number of carbonyl (C=O) groups excluding carboxylic acids is 1. The lowest BCUT2D eigenvalue weighted by molar-refractivity contribution is -0.144. The highest BCUT2D eigenvalue weighted by atomic mass is 35.5. The number of aliphatic hydroxyl groups excluding tert-OH is 1. The largest absolute Gasteiger partial charge is 0.457 e. The Hall–Kier alpha value is -2.65. The summed E-state index contributed by atoms with van der Waals surface area (Å²) in [4.78, 5) is 21.5. The highest BCUT2D eigenvalue weighted by molar-refractivity contribution is 7.16. The van der Waals surface area contributed by atoms with Crippen LogP contribution in [0.5, 0.6) is 11.5 Å². The molecular formula is C24H25ClN4O3S. The Morgan fingerprint density at radius 1 is 1.12 bits per heavy atom. The van der Waals surface area contributed by atoms with E-state index >= 15 is 0 Å². The van der Waals surface area contributed by atoms with Gasteiger partial charge in [-0.15, -0.1) is 11.6 Å². The van der Waals surface area contributed by atoms with Crippen molar-refractivity contribution in [3.05, 3.63) is 59.5 Å². The van der Waals surface area contributed by atoms with Crippen molar-refractivity contribution in [1.82, 2.24) is 9.88 Å². The molecule has 33 heavy (non-hydrogen) atoms. The van der Waals surface area contributed by atoms with Gasteiger partial charge in [-0.05, 0) is 43.3 Å². The van der Waals surface area contributed by atoms with E-state index < -0.39 is 11.6 Å². The fourth-order valence-electron chi connectivity index (χ4n) is 4.44. The van der Waals surface area contributed by atoms with E-state index in [1.165, 1.54) is 11.3 Å². The van der Waals surface area contributed by atoms with Crippen LogP contribution in [0.4, 0.5) is 5.13 Å². The third kappa shape index (κ3) is 4.31. The zero-order chi connectivity index (χ0) is 23.2. The molecule has 0 saturated carbocycles. The van der Waals surface area contributed by atoms with Crippen molar-refractivity contribution in [2.24, 2.45) is 11.1 Å². The van der Waals surface area contributed by atoms with Crippen molar-refractivity contribution < 1.29 is 14.6 Å². The number of carbonyl (C=O) groups is 1. The fourth-order valence-corrected chi connectivity index (χ4v) is 5.55. The Balaban J connectivity index is 1.28. The number of aromatic nitrogens is 1. The van der Waals surface area contributed by atoms with Crippen LogP contribution in [0, 0.1) is 5.41 Å². The van der Waals surface area contributed by atoms with Crippen LogP contribution in [-0.2, 0) is 4.79 Å². The fraction of sp³-hybridized carbons (Fsp3) is 0.333. The van der Waals surface area contributed by atoms with E-state index in [1.54, 1.807) is 6.92 Å². The quantitative estimate of drug-likeness (QED) is 0.408. The summed E-state index contributed by atoms with van der Waals surface area (Å²) in [6.45, 7) is 4.81. The van der Waals surface area contributed by atoms with Gasteiger partial charge >= 0.3 is 0 Å². The molecule has 2 fully saturated rings. The van der Waals surface area contributed by atoms with Crippen molar-refractivity contribution in [3.8, 4) is 22.8 Å². The number of likely N-dealkylation sites (tertiary alicyclic amines) is 1. The third-order valence-electron chi connectivity index (χ3n) is 6.04. The van der Waals surface area contributed by atoms with Gasteiger partial charge in [0.25, 0.3) is 0 Å². The monoisotopic (exact) mass is 484 g/mol. The highest BCUT2D eigenvalue weighted by Crippen LogP contribution is 2.45. The lowest BCUT2D eigenvalue weighted by atomic mass is 9.73. The second kappa shape index (κ2) is 8.61. The van der Waals surface area contributed by atoms with Crippen LogP contribution >= 0.6 is 22.9 Å². The molecule has 0 bridgehead atoms. The first-order chi connectivity index (χ1) is 15.8. The van der Waals surface area contributed by atoms with Crippen LogP contribution in [0.25, 0.3) is 11.3 Å². The number of rotatable bonds is 6. The minimum atomic E-state index is -1.11. The van der Waals surface area contributed by atoms with Gasteiger partial charge in [-0.25, -0.2) is 4.98 Å². The predicted molar refractivity (Wildman–Crippen MR) is 130 cm³/mol. The lowest BCUT2D eigenvalue weighted by Crippen LogP contribution is -2.73. The topological polar surface area (TPSA) is 91.9 Å². The molecule has 5 rings (SSSR count). The van der Waals surface area contributed by atoms with Gasteiger partial charge in [-0.3, -0.25) is 4.79 Å². The van der Waals surface area contributed by atoms with Crippen LogP contribution in [0.15, 0.2) is 54.6 Å². The molecule has 0 aliphatic carbocycles. The molecule has 1 amide bonds. The number of hydrogen-bond acceptors (Lipinski definition) is 7.